The number of rotatable bonds is 7. The molecule has 2 heterocycles. The SMILES string of the molecule is CCC(CC)(C(F)=CCCP(=O)(O)O)n1cnc2c(Cl)nc(N)nc21. The van der Waals surface area contributed by atoms with E-state index in [0.29, 0.717) is 24.0 Å². The molecule has 4 N–H and O–H groups in total. The summed E-state index contributed by atoms with van der Waals surface area (Å²) in [5.41, 5.74) is 5.15. The summed E-state index contributed by atoms with van der Waals surface area (Å²) < 4.78 is 27.6. The van der Waals surface area contributed by atoms with E-state index in [4.69, 9.17) is 27.1 Å². The molecule has 2 aromatic heterocycles. The Balaban J connectivity index is 2.53. The van der Waals surface area contributed by atoms with Crippen LogP contribution in [0.4, 0.5) is 10.3 Å². The van der Waals surface area contributed by atoms with Gasteiger partial charge in [0.1, 0.15) is 11.3 Å². The number of halogens is 2. The summed E-state index contributed by atoms with van der Waals surface area (Å²) >= 11 is 6.02. The van der Waals surface area contributed by atoms with Crippen molar-refractivity contribution >= 4 is 36.3 Å². The molecular formula is C14H20ClFN5O3P. The third-order valence-electron chi connectivity index (χ3n) is 4.19. The monoisotopic (exact) mass is 391 g/mol. The van der Waals surface area contributed by atoms with E-state index in [0.717, 1.165) is 0 Å². The van der Waals surface area contributed by atoms with E-state index >= 15 is 4.39 Å². The smallest absolute Gasteiger partial charge is 0.325 e. The Morgan fingerprint density at radius 1 is 1.44 bits per heavy atom. The lowest BCUT2D eigenvalue weighted by Crippen LogP contribution is -2.33. The van der Waals surface area contributed by atoms with Gasteiger partial charge in [-0.2, -0.15) is 9.97 Å². The van der Waals surface area contributed by atoms with Crippen LogP contribution >= 0.6 is 19.2 Å². The lowest BCUT2D eigenvalue weighted by atomic mass is 9.90. The molecule has 0 atom stereocenters. The summed E-state index contributed by atoms with van der Waals surface area (Å²) in [6.07, 6.45) is 2.86. The minimum Gasteiger partial charge on any atom is -0.368 e. The van der Waals surface area contributed by atoms with E-state index < -0.39 is 25.1 Å². The number of aromatic nitrogens is 4. The molecule has 0 aliphatic rings. The van der Waals surface area contributed by atoms with Gasteiger partial charge in [0, 0.05) is 0 Å². The van der Waals surface area contributed by atoms with Gasteiger partial charge in [0.05, 0.1) is 18.0 Å². The van der Waals surface area contributed by atoms with Crippen molar-refractivity contribution in [1.82, 2.24) is 19.5 Å². The average Bonchev–Trinajstić information content (AvgIpc) is 2.92. The summed E-state index contributed by atoms with van der Waals surface area (Å²) in [6.45, 7) is 3.61. The maximum atomic E-state index is 15.0. The molecule has 2 aromatic rings. The Bertz CT molecular complexity index is 846. The van der Waals surface area contributed by atoms with Gasteiger partial charge in [-0.25, -0.2) is 9.37 Å². The molecule has 138 valence electrons. The lowest BCUT2D eigenvalue weighted by molar-refractivity contribution is 0.266. The van der Waals surface area contributed by atoms with Gasteiger partial charge in [-0.3, -0.25) is 4.57 Å². The zero-order valence-corrected chi connectivity index (χ0v) is 15.5. The van der Waals surface area contributed by atoms with Crippen molar-refractivity contribution < 1.29 is 18.7 Å². The summed E-state index contributed by atoms with van der Waals surface area (Å²) in [7, 11) is -4.19. The first kappa shape index (κ1) is 19.8. The lowest BCUT2D eigenvalue weighted by Gasteiger charge is -2.32. The molecule has 0 aliphatic heterocycles. The van der Waals surface area contributed by atoms with Gasteiger partial charge in [0.25, 0.3) is 0 Å². The first-order valence-electron chi connectivity index (χ1n) is 7.72. The maximum absolute atomic E-state index is 15.0. The van der Waals surface area contributed by atoms with Crippen LogP contribution in [-0.2, 0) is 10.1 Å². The molecule has 0 saturated heterocycles. The number of anilines is 1. The Morgan fingerprint density at radius 3 is 2.64 bits per heavy atom. The fourth-order valence-electron chi connectivity index (χ4n) is 2.79. The van der Waals surface area contributed by atoms with Crippen LogP contribution in [0.5, 0.6) is 0 Å². The molecule has 0 saturated carbocycles. The van der Waals surface area contributed by atoms with E-state index in [9.17, 15) is 4.57 Å². The topological polar surface area (TPSA) is 127 Å². The van der Waals surface area contributed by atoms with Crippen LogP contribution in [0.2, 0.25) is 5.15 Å². The van der Waals surface area contributed by atoms with E-state index in [2.05, 4.69) is 15.0 Å². The van der Waals surface area contributed by atoms with Crippen LogP contribution in [0.3, 0.4) is 0 Å². The van der Waals surface area contributed by atoms with Crippen LogP contribution < -0.4 is 5.73 Å². The second kappa shape index (κ2) is 7.37. The molecule has 0 radical (unpaired) electrons. The summed E-state index contributed by atoms with van der Waals surface area (Å²) in [4.78, 5) is 30.0. The fraction of sp³-hybridized carbons (Fsp3) is 0.500. The van der Waals surface area contributed by atoms with Gasteiger partial charge in [0.2, 0.25) is 5.95 Å². The van der Waals surface area contributed by atoms with E-state index in [1.165, 1.54) is 12.4 Å². The molecule has 11 heteroatoms. The number of nitrogens with two attached hydrogens (primary N) is 1. The van der Waals surface area contributed by atoms with Gasteiger partial charge < -0.3 is 20.1 Å². The molecule has 0 fully saturated rings. The number of hydrogen-bond acceptors (Lipinski definition) is 5. The summed E-state index contributed by atoms with van der Waals surface area (Å²) in [6, 6.07) is 0. The van der Waals surface area contributed by atoms with Gasteiger partial charge in [-0.15, -0.1) is 0 Å². The number of allylic oxidation sites excluding steroid dienone is 2. The normalized spacial score (nSPS) is 13.6. The highest BCUT2D eigenvalue weighted by Crippen LogP contribution is 2.39. The van der Waals surface area contributed by atoms with E-state index in [1.54, 1.807) is 18.4 Å². The molecule has 0 aromatic carbocycles. The van der Waals surface area contributed by atoms with Crippen LogP contribution in [0.1, 0.15) is 33.1 Å². The first-order chi connectivity index (χ1) is 11.6. The molecular weight excluding hydrogens is 372 g/mol. The van der Waals surface area contributed by atoms with Gasteiger partial charge in [-0.05, 0) is 25.3 Å². The van der Waals surface area contributed by atoms with Crippen LogP contribution in [0, 0.1) is 0 Å². The van der Waals surface area contributed by atoms with Gasteiger partial charge in [0.15, 0.2) is 10.8 Å². The summed E-state index contributed by atoms with van der Waals surface area (Å²) in [5.74, 6) is -0.565. The number of imidazole rings is 1. The van der Waals surface area contributed by atoms with Crippen molar-refractivity contribution in [3.63, 3.8) is 0 Å². The first-order valence-corrected chi connectivity index (χ1v) is 9.89. The zero-order chi connectivity index (χ0) is 18.8. The van der Waals surface area contributed by atoms with Gasteiger partial charge in [-0.1, -0.05) is 25.4 Å². The highest BCUT2D eigenvalue weighted by molar-refractivity contribution is 7.51. The van der Waals surface area contributed by atoms with E-state index in [-0.39, 0.29) is 17.5 Å². The number of nitrogens with zero attached hydrogens (tertiary/aromatic N) is 4. The van der Waals surface area contributed by atoms with Crippen molar-refractivity contribution in [1.29, 1.82) is 0 Å². The van der Waals surface area contributed by atoms with Crippen LogP contribution in [-0.4, -0.2) is 35.5 Å². The minimum absolute atomic E-state index is 0.0498. The highest BCUT2D eigenvalue weighted by atomic mass is 35.5. The molecule has 25 heavy (non-hydrogen) atoms. The van der Waals surface area contributed by atoms with Crippen LogP contribution in [0.15, 0.2) is 18.2 Å². The Morgan fingerprint density at radius 2 is 2.08 bits per heavy atom. The number of nitrogen functional groups attached to an aromatic ring is 1. The molecule has 0 bridgehead atoms. The third-order valence-corrected chi connectivity index (χ3v) is 5.29. The van der Waals surface area contributed by atoms with Crippen molar-refractivity contribution in [2.45, 2.75) is 38.6 Å². The largest absolute Gasteiger partial charge is 0.368 e. The van der Waals surface area contributed by atoms with Gasteiger partial charge >= 0.3 is 7.60 Å². The quantitative estimate of drug-likeness (QED) is 0.489. The molecule has 8 nitrogen and oxygen atoms in total. The number of hydrogen-bond donors (Lipinski definition) is 3. The molecule has 0 spiro atoms. The third kappa shape index (κ3) is 4.00. The fourth-order valence-corrected chi connectivity index (χ4v) is 3.47. The molecule has 2 rings (SSSR count). The zero-order valence-electron chi connectivity index (χ0n) is 13.9. The predicted octanol–water partition coefficient (Wildman–Crippen LogP) is 3.00. The van der Waals surface area contributed by atoms with Crippen molar-refractivity contribution in [2.75, 3.05) is 11.9 Å². The molecule has 0 amide bonds. The average molecular weight is 392 g/mol. The molecule has 0 aliphatic carbocycles. The van der Waals surface area contributed by atoms with E-state index in [1.807, 2.05) is 0 Å². The van der Waals surface area contributed by atoms with Crippen molar-refractivity contribution in [3.05, 3.63) is 23.4 Å². The maximum Gasteiger partial charge on any atom is 0.325 e. The van der Waals surface area contributed by atoms with Crippen molar-refractivity contribution in [2.24, 2.45) is 0 Å². The van der Waals surface area contributed by atoms with Crippen LogP contribution in [0.25, 0.3) is 11.2 Å². The Labute approximate surface area is 149 Å². The second-order valence-electron chi connectivity index (χ2n) is 5.63. The standard InChI is InChI=1S/C14H20ClFN5O3P/c1-3-14(4-2,9(16)6-5-7-25(22,23)24)21-8-18-10-11(15)19-13(17)20-12(10)21/h6,8H,3-5,7H2,1-2H3,(H2,17,19,20)(H2,22,23,24). The minimum atomic E-state index is -4.19. The van der Waals surface area contributed by atoms with Crippen molar-refractivity contribution in [3.8, 4) is 0 Å². The second-order valence-corrected chi connectivity index (χ2v) is 7.76. The highest BCUT2D eigenvalue weighted by Gasteiger charge is 2.35. The Hall–Kier alpha value is -1.54. The summed E-state index contributed by atoms with van der Waals surface area (Å²) in [5, 5.41) is 0.0771. The number of fused-ring (bicyclic) bond motifs is 1. The molecule has 0 unspecified atom stereocenters. The predicted molar refractivity (Wildman–Crippen MR) is 94.0 cm³/mol. The Kier molecular flexibility index (Phi) is 5.83.